The fourth-order valence-corrected chi connectivity index (χ4v) is 6.18. The second kappa shape index (κ2) is 6.19. The third-order valence-corrected chi connectivity index (χ3v) is 7.25. The van der Waals surface area contributed by atoms with Crippen LogP contribution in [0, 0.1) is 27.8 Å². The van der Waals surface area contributed by atoms with Gasteiger partial charge >= 0.3 is 0 Å². The van der Waals surface area contributed by atoms with E-state index < -0.39 is 45.8 Å². The Morgan fingerprint density at radius 3 is 2.72 bits per heavy atom. The number of amides is 3. The molecule has 3 amide bonds. The summed E-state index contributed by atoms with van der Waals surface area (Å²) >= 11 is 0. The molecule has 0 radical (unpaired) electrons. The van der Waals surface area contributed by atoms with E-state index in [1.807, 2.05) is 4.90 Å². The number of non-ortho nitro benzene ring substituents is 1. The first-order valence-corrected chi connectivity index (χ1v) is 10.4. The normalized spacial score (nSPS) is 30.6. The van der Waals surface area contributed by atoms with Crippen molar-refractivity contribution >= 4 is 34.8 Å². The molecule has 0 unspecified atom stereocenters. The number of nitro benzene ring substituents is 1. The van der Waals surface area contributed by atoms with Crippen LogP contribution in [0.25, 0.3) is 0 Å². The van der Waals surface area contributed by atoms with Crippen molar-refractivity contribution in [3.8, 4) is 0 Å². The number of hydrogen-bond acceptors (Lipinski definition) is 6. The van der Waals surface area contributed by atoms with Gasteiger partial charge in [-0.15, -0.1) is 0 Å². The molecule has 1 spiro atoms. The van der Waals surface area contributed by atoms with Crippen LogP contribution >= 0.6 is 0 Å². The summed E-state index contributed by atoms with van der Waals surface area (Å²) < 4.78 is 14.3. The average molecular weight is 436 g/mol. The molecule has 4 atom stereocenters. The number of anilines is 2. The van der Waals surface area contributed by atoms with Crippen LogP contribution in [0.3, 0.4) is 0 Å². The molecule has 10 heteroatoms. The van der Waals surface area contributed by atoms with Crippen LogP contribution in [0.4, 0.5) is 21.5 Å². The van der Waals surface area contributed by atoms with Gasteiger partial charge in [-0.1, -0.05) is 6.07 Å². The van der Waals surface area contributed by atoms with Crippen LogP contribution in [-0.2, 0) is 19.9 Å². The van der Waals surface area contributed by atoms with Crippen LogP contribution in [-0.4, -0.2) is 40.1 Å². The van der Waals surface area contributed by atoms with Crippen LogP contribution in [0.15, 0.2) is 42.5 Å². The summed E-state index contributed by atoms with van der Waals surface area (Å²) in [5.41, 5.74) is -0.837. The molecule has 9 nitrogen and oxygen atoms in total. The van der Waals surface area contributed by atoms with Crippen molar-refractivity contribution < 1.29 is 23.7 Å². The Hall–Kier alpha value is -3.66. The zero-order chi connectivity index (χ0) is 22.4. The maximum Gasteiger partial charge on any atom is 0.271 e. The number of rotatable bonds is 2. The van der Waals surface area contributed by atoms with Gasteiger partial charge in [0.2, 0.25) is 17.7 Å². The minimum atomic E-state index is -1.48. The molecule has 3 saturated heterocycles. The molecule has 2 aromatic carbocycles. The molecule has 4 aliphatic heterocycles. The molecule has 4 aliphatic rings. The number of nitrogens with zero attached hydrogens (tertiary/aromatic N) is 3. The third-order valence-electron chi connectivity index (χ3n) is 7.25. The summed E-state index contributed by atoms with van der Waals surface area (Å²) in [4.78, 5) is 54.2. The lowest BCUT2D eigenvalue weighted by molar-refractivity contribution is -0.384. The first-order valence-electron chi connectivity index (χ1n) is 10.4. The summed E-state index contributed by atoms with van der Waals surface area (Å²) in [6.45, 7) is 0.512. The number of carbonyl (C=O) groups is 3. The second-order valence-corrected chi connectivity index (χ2v) is 8.61. The summed E-state index contributed by atoms with van der Waals surface area (Å²) in [6, 6.07) is 8.95. The molecular formula is C22H17FN4O5. The zero-order valence-electron chi connectivity index (χ0n) is 16.7. The van der Waals surface area contributed by atoms with Gasteiger partial charge in [0.15, 0.2) is 0 Å². The number of hydrogen-bond donors (Lipinski definition) is 1. The summed E-state index contributed by atoms with van der Waals surface area (Å²) in [6.07, 6.45) is 1.37. The van der Waals surface area contributed by atoms with Crippen molar-refractivity contribution in [2.24, 2.45) is 11.8 Å². The van der Waals surface area contributed by atoms with Crippen molar-refractivity contribution in [3.05, 3.63) is 64.0 Å². The first kappa shape index (κ1) is 19.1. The van der Waals surface area contributed by atoms with Gasteiger partial charge in [0, 0.05) is 29.4 Å². The lowest BCUT2D eigenvalue weighted by Gasteiger charge is -2.36. The molecule has 3 fully saturated rings. The average Bonchev–Trinajstić information content (AvgIpc) is 3.46. The highest BCUT2D eigenvalue weighted by atomic mass is 19.1. The molecule has 0 saturated carbocycles. The molecule has 162 valence electrons. The van der Waals surface area contributed by atoms with E-state index >= 15 is 0 Å². The van der Waals surface area contributed by atoms with Crippen molar-refractivity contribution in [3.63, 3.8) is 0 Å². The van der Waals surface area contributed by atoms with Crippen molar-refractivity contribution in [2.45, 2.75) is 24.4 Å². The first-order chi connectivity index (χ1) is 15.4. The standard InChI is InChI=1S/C22H17FN4O5/c23-11-6-7-15-14(9-11)22(21(30)24-15)18-17(16-5-2-8-25(16)22)19(28)26(20(18)29)12-3-1-4-13(10-12)27(31)32/h1,3-4,6-7,9-10,16-18H,2,5,8H2,(H,24,30)/t16-,17+,18+,22-/m0/s1. The Bertz CT molecular complexity index is 1250. The van der Waals surface area contributed by atoms with Crippen LogP contribution in [0.5, 0.6) is 0 Å². The molecule has 1 N–H and O–H groups in total. The van der Waals surface area contributed by atoms with Crippen molar-refractivity contribution in [1.29, 1.82) is 0 Å². The molecular weight excluding hydrogens is 419 g/mol. The minimum Gasteiger partial charge on any atom is -0.324 e. The fraction of sp³-hybridized carbons (Fsp3) is 0.318. The monoisotopic (exact) mass is 436 g/mol. The van der Waals surface area contributed by atoms with E-state index in [4.69, 9.17) is 0 Å². The van der Waals surface area contributed by atoms with Crippen LogP contribution in [0.2, 0.25) is 0 Å². The molecule has 0 bridgehead atoms. The lowest BCUT2D eigenvalue weighted by atomic mass is 9.75. The predicted octanol–water partition coefficient (Wildman–Crippen LogP) is 2.17. The van der Waals surface area contributed by atoms with E-state index in [1.165, 1.54) is 42.5 Å². The Balaban J connectivity index is 1.54. The van der Waals surface area contributed by atoms with Crippen LogP contribution < -0.4 is 10.2 Å². The largest absolute Gasteiger partial charge is 0.324 e. The molecule has 4 heterocycles. The van der Waals surface area contributed by atoms with E-state index in [0.29, 0.717) is 24.2 Å². The Morgan fingerprint density at radius 2 is 1.94 bits per heavy atom. The number of imide groups is 1. The highest BCUT2D eigenvalue weighted by molar-refractivity contribution is 6.25. The molecule has 0 aromatic heterocycles. The van der Waals surface area contributed by atoms with Gasteiger partial charge in [-0.05, 0) is 43.7 Å². The SMILES string of the molecule is O=C1[C@@H]2[C@@H]3CCCN3[C@]3(C(=O)Nc4ccc(F)cc43)[C@H]2C(=O)N1c1cccc([N+](=O)[O-])c1. The molecule has 2 aromatic rings. The van der Waals surface area contributed by atoms with E-state index in [0.717, 1.165) is 11.3 Å². The van der Waals surface area contributed by atoms with E-state index in [2.05, 4.69) is 5.32 Å². The summed E-state index contributed by atoms with van der Waals surface area (Å²) in [7, 11) is 0. The number of carbonyl (C=O) groups excluding carboxylic acids is 3. The molecule has 32 heavy (non-hydrogen) atoms. The van der Waals surface area contributed by atoms with Gasteiger partial charge in [0.1, 0.15) is 11.4 Å². The Labute approximate surface area is 180 Å². The molecule has 0 aliphatic carbocycles. The van der Waals surface area contributed by atoms with Crippen LogP contribution in [0.1, 0.15) is 18.4 Å². The van der Waals surface area contributed by atoms with Crippen molar-refractivity contribution in [2.75, 3.05) is 16.8 Å². The highest BCUT2D eigenvalue weighted by Crippen LogP contribution is 2.60. The summed E-state index contributed by atoms with van der Waals surface area (Å²) in [5, 5.41) is 14.0. The van der Waals surface area contributed by atoms with E-state index in [1.54, 1.807) is 0 Å². The number of nitrogens with one attached hydrogen (secondary N) is 1. The number of benzene rings is 2. The number of nitro groups is 1. The van der Waals surface area contributed by atoms with Gasteiger partial charge in [0.05, 0.1) is 22.4 Å². The maximum atomic E-state index is 14.3. The highest BCUT2D eigenvalue weighted by Gasteiger charge is 2.74. The van der Waals surface area contributed by atoms with E-state index in [9.17, 15) is 28.9 Å². The van der Waals surface area contributed by atoms with Gasteiger partial charge < -0.3 is 5.32 Å². The van der Waals surface area contributed by atoms with Gasteiger partial charge in [-0.25, -0.2) is 9.29 Å². The fourth-order valence-electron chi connectivity index (χ4n) is 6.18. The third kappa shape index (κ3) is 2.12. The predicted molar refractivity (Wildman–Crippen MR) is 109 cm³/mol. The summed E-state index contributed by atoms with van der Waals surface area (Å²) in [5.74, 6) is -3.88. The zero-order valence-corrected chi connectivity index (χ0v) is 16.7. The topological polar surface area (TPSA) is 113 Å². The Morgan fingerprint density at radius 1 is 1.12 bits per heavy atom. The number of halogens is 1. The number of fused-ring (bicyclic) bond motifs is 7. The Kier molecular flexibility index (Phi) is 3.69. The quantitative estimate of drug-likeness (QED) is 0.439. The van der Waals surface area contributed by atoms with Gasteiger partial charge in [-0.3, -0.25) is 29.4 Å². The van der Waals surface area contributed by atoms with Gasteiger partial charge in [0.25, 0.3) is 5.69 Å². The molecule has 6 rings (SSSR count). The second-order valence-electron chi connectivity index (χ2n) is 8.61. The minimum absolute atomic E-state index is 0.0983. The smallest absolute Gasteiger partial charge is 0.271 e. The lowest BCUT2D eigenvalue weighted by Crippen LogP contribution is -2.54. The van der Waals surface area contributed by atoms with Crippen molar-refractivity contribution in [1.82, 2.24) is 4.90 Å². The maximum absolute atomic E-state index is 14.3. The van der Waals surface area contributed by atoms with Gasteiger partial charge in [-0.2, -0.15) is 0 Å². The van der Waals surface area contributed by atoms with E-state index in [-0.39, 0.29) is 17.4 Å².